The molecule has 1 heterocycles. The van der Waals surface area contributed by atoms with Crippen LogP contribution < -0.4 is 20.1 Å². The third kappa shape index (κ3) is 6.76. The van der Waals surface area contributed by atoms with Crippen LogP contribution in [0.3, 0.4) is 0 Å². The number of nitrogens with zero attached hydrogens (tertiary/aromatic N) is 2. The van der Waals surface area contributed by atoms with Crippen molar-refractivity contribution in [1.29, 1.82) is 0 Å². The van der Waals surface area contributed by atoms with Gasteiger partial charge in [0.25, 0.3) is 0 Å². The lowest BCUT2D eigenvalue weighted by Gasteiger charge is -2.39. The molecule has 1 saturated heterocycles. The number of aliphatic imine (C=N–C) groups is 1. The molecule has 8 nitrogen and oxygen atoms in total. The molecule has 1 fully saturated rings. The fourth-order valence-electron chi connectivity index (χ4n) is 3.29. The molecule has 8 heteroatoms. The molecule has 0 aliphatic carbocycles. The molecule has 0 spiro atoms. The first kappa shape index (κ1) is 23.3. The summed E-state index contributed by atoms with van der Waals surface area (Å²) in [6.07, 6.45) is -0.767. The number of aliphatic hydroxyl groups is 1. The van der Waals surface area contributed by atoms with Crippen molar-refractivity contribution in [2.24, 2.45) is 4.99 Å². The zero-order chi connectivity index (χ0) is 21.3. The van der Waals surface area contributed by atoms with Crippen LogP contribution in [0.15, 0.2) is 23.2 Å². The zero-order valence-electron chi connectivity index (χ0n) is 18.3. The molecule has 1 atom stereocenters. The van der Waals surface area contributed by atoms with Crippen molar-refractivity contribution in [3.05, 3.63) is 23.8 Å². The number of hydrogen-bond acceptors (Lipinski definition) is 6. The lowest BCUT2D eigenvalue weighted by molar-refractivity contribution is -0.00684. The molecule has 0 aromatic heterocycles. The summed E-state index contributed by atoms with van der Waals surface area (Å²) in [5.41, 5.74) is 0.602. The maximum Gasteiger partial charge on any atom is 0.191 e. The van der Waals surface area contributed by atoms with Gasteiger partial charge in [0.2, 0.25) is 0 Å². The predicted molar refractivity (Wildman–Crippen MR) is 115 cm³/mol. The summed E-state index contributed by atoms with van der Waals surface area (Å²) < 4.78 is 16.1. The van der Waals surface area contributed by atoms with Gasteiger partial charge in [-0.1, -0.05) is 0 Å². The average Bonchev–Trinajstić information content (AvgIpc) is 2.75. The molecule has 3 N–H and O–H groups in total. The fraction of sp³-hybridized carbons (Fsp3) is 0.667. The topological polar surface area (TPSA) is 87.6 Å². The largest absolute Gasteiger partial charge is 0.497 e. The van der Waals surface area contributed by atoms with E-state index in [1.807, 2.05) is 13.0 Å². The molecule has 0 radical (unpaired) electrons. The molecular weight excluding hydrogens is 372 g/mol. The van der Waals surface area contributed by atoms with Crippen LogP contribution in [0.4, 0.5) is 0 Å². The standard InChI is InChI=1S/C21H36N4O4/c1-6-22-20(24-15-21(2,3)25-9-11-29-12-10-25)23-14-18(26)17-13-16(27-4)7-8-19(17)28-5/h7-8,13,18,26H,6,9-12,14-15H2,1-5H3,(H2,22,23,24). The highest BCUT2D eigenvalue weighted by atomic mass is 16.5. The minimum absolute atomic E-state index is 0.0687. The Hall–Kier alpha value is -2.03. The highest BCUT2D eigenvalue weighted by Crippen LogP contribution is 2.29. The quantitative estimate of drug-likeness (QED) is 0.421. The van der Waals surface area contributed by atoms with Crippen molar-refractivity contribution in [2.45, 2.75) is 32.4 Å². The van der Waals surface area contributed by atoms with Gasteiger partial charge < -0.3 is 30.0 Å². The third-order valence-electron chi connectivity index (χ3n) is 5.09. The number of morpholine rings is 1. The second kappa shape index (κ2) is 11.2. The summed E-state index contributed by atoms with van der Waals surface area (Å²) in [6, 6.07) is 5.39. The molecular formula is C21H36N4O4. The van der Waals surface area contributed by atoms with Crippen LogP contribution >= 0.6 is 0 Å². The van der Waals surface area contributed by atoms with E-state index >= 15 is 0 Å². The van der Waals surface area contributed by atoms with Crippen LogP contribution in [-0.4, -0.2) is 81.7 Å². The molecule has 1 aliphatic rings. The minimum Gasteiger partial charge on any atom is -0.497 e. The van der Waals surface area contributed by atoms with Gasteiger partial charge >= 0.3 is 0 Å². The molecule has 1 aliphatic heterocycles. The van der Waals surface area contributed by atoms with Crippen molar-refractivity contribution in [2.75, 3.05) is 60.2 Å². The van der Waals surface area contributed by atoms with Gasteiger partial charge in [-0.05, 0) is 39.0 Å². The van der Waals surface area contributed by atoms with Crippen molar-refractivity contribution in [3.63, 3.8) is 0 Å². The second-order valence-corrected chi connectivity index (χ2v) is 7.61. The van der Waals surface area contributed by atoms with E-state index in [-0.39, 0.29) is 5.54 Å². The van der Waals surface area contributed by atoms with Gasteiger partial charge in [-0.2, -0.15) is 0 Å². The number of ether oxygens (including phenoxy) is 3. The second-order valence-electron chi connectivity index (χ2n) is 7.61. The number of aliphatic hydroxyl groups excluding tert-OH is 1. The van der Waals surface area contributed by atoms with Gasteiger partial charge in [-0.25, -0.2) is 0 Å². The lowest BCUT2D eigenvalue weighted by atomic mass is 10.0. The van der Waals surface area contributed by atoms with E-state index in [4.69, 9.17) is 19.2 Å². The van der Waals surface area contributed by atoms with Crippen molar-refractivity contribution in [1.82, 2.24) is 15.5 Å². The Morgan fingerprint density at radius 2 is 1.97 bits per heavy atom. The Bertz CT molecular complexity index is 660. The first-order valence-corrected chi connectivity index (χ1v) is 10.2. The van der Waals surface area contributed by atoms with E-state index in [1.165, 1.54) is 0 Å². The summed E-state index contributed by atoms with van der Waals surface area (Å²) >= 11 is 0. The van der Waals surface area contributed by atoms with Crippen molar-refractivity contribution in [3.8, 4) is 11.5 Å². The van der Waals surface area contributed by atoms with E-state index in [2.05, 4.69) is 29.4 Å². The monoisotopic (exact) mass is 408 g/mol. The van der Waals surface area contributed by atoms with Gasteiger partial charge in [0.05, 0.1) is 40.1 Å². The van der Waals surface area contributed by atoms with Gasteiger partial charge in [-0.3, -0.25) is 9.89 Å². The predicted octanol–water partition coefficient (Wildman–Crippen LogP) is 1.40. The van der Waals surface area contributed by atoms with E-state index in [1.54, 1.807) is 26.4 Å². The Kier molecular flexibility index (Phi) is 9.00. The SMILES string of the molecule is CCNC(=NCC(C)(C)N1CCOCC1)NCC(O)c1cc(OC)ccc1OC. The fourth-order valence-corrected chi connectivity index (χ4v) is 3.29. The van der Waals surface area contributed by atoms with Crippen molar-refractivity contribution < 1.29 is 19.3 Å². The van der Waals surface area contributed by atoms with E-state index in [0.717, 1.165) is 32.8 Å². The minimum atomic E-state index is -0.767. The van der Waals surface area contributed by atoms with E-state index in [0.29, 0.717) is 36.1 Å². The Balaban J connectivity index is 2.02. The molecule has 2 rings (SSSR count). The van der Waals surface area contributed by atoms with Crippen LogP contribution in [0.2, 0.25) is 0 Å². The highest BCUT2D eigenvalue weighted by molar-refractivity contribution is 5.79. The van der Waals surface area contributed by atoms with Gasteiger partial charge in [0.1, 0.15) is 11.5 Å². The normalized spacial score (nSPS) is 17.0. The number of benzene rings is 1. The van der Waals surface area contributed by atoms with Crippen LogP contribution in [0.1, 0.15) is 32.4 Å². The molecule has 164 valence electrons. The highest BCUT2D eigenvalue weighted by Gasteiger charge is 2.28. The molecule has 0 bridgehead atoms. The van der Waals surface area contributed by atoms with Crippen LogP contribution in [0, 0.1) is 0 Å². The summed E-state index contributed by atoms with van der Waals surface area (Å²) in [4.78, 5) is 7.15. The summed E-state index contributed by atoms with van der Waals surface area (Å²) in [5, 5.41) is 17.2. The number of hydrogen-bond donors (Lipinski definition) is 3. The molecule has 1 aromatic rings. The third-order valence-corrected chi connectivity index (χ3v) is 5.09. The summed E-state index contributed by atoms with van der Waals surface area (Å²) in [6.45, 7) is 11.5. The van der Waals surface area contributed by atoms with Crippen LogP contribution in [-0.2, 0) is 4.74 Å². The summed E-state index contributed by atoms with van der Waals surface area (Å²) in [5.74, 6) is 1.97. The van der Waals surface area contributed by atoms with E-state index in [9.17, 15) is 5.11 Å². The molecule has 0 saturated carbocycles. The Morgan fingerprint density at radius 1 is 1.24 bits per heavy atom. The van der Waals surface area contributed by atoms with Gasteiger partial charge in [0.15, 0.2) is 5.96 Å². The first-order chi connectivity index (χ1) is 13.9. The smallest absolute Gasteiger partial charge is 0.191 e. The molecule has 0 amide bonds. The lowest BCUT2D eigenvalue weighted by Crippen LogP contribution is -2.52. The average molecular weight is 409 g/mol. The number of nitrogens with one attached hydrogen (secondary N) is 2. The van der Waals surface area contributed by atoms with Crippen LogP contribution in [0.25, 0.3) is 0 Å². The first-order valence-electron chi connectivity index (χ1n) is 10.2. The maximum absolute atomic E-state index is 10.7. The summed E-state index contributed by atoms with van der Waals surface area (Å²) in [7, 11) is 3.19. The van der Waals surface area contributed by atoms with Crippen molar-refractivity contribution >= 4 is 5.96 Å². The molecule has 1 aromatic carbocycles. The molecule has 1 unspecified atom stereocenters. The Morgan fingerprint density at radius 3 is 2.59 bits per heavy atom. The van der Waals surface area contributed by atoms with E-state index < -0.39 is 6.10 Å². The number of guanidine groups is 1. The van der Waals surface area contributed by atoms with Crippen LogP contribution in [0.5, 0.6) is 11.5 Å². The zero-order valence-corrected chi connectivity index (χ0v) is 18.3. The maximum atomic E-state index is 10.7. The Labute approximate surface area is 174 Å². The molecule has 29 heavy (non-hydrogen) atoms. The van der Waals surface area contributed by atoms with Gasteiger partial charge in [0, 0.05) is 37.3 Å². The van der Waals surface area contributed by atoms with Gasteiger partial charge in [-0.15, -0.1) is 0 Å². The number of methoxy groups -OCH3 is 2. The number of rotatable bonds is 9.